The molecule has 2 aliphatic rings. The predicted molar refractivity (Wildman–Crippen MR) is 139 cm³/mol. The van der Waals surface area contributed by atoms with Crippen molar-refractivity contribution in [2.45, 2.75) is 57.6 Å². The molecule has 1 unspecified atom stereocenters. The summed E-state index contributed by atoms with van der Waals surface area (Å²) in [7, 11) is 1.30. The Morgan fingerprint density at radius 2 is 1.89 bits per heavy atom. The second-order valence-corrected chi connectivity index (χ2v) is 10.2. The number of nitrogens with zero attached hydrogens (tertiary/aromatic N) is 2. The molecule has 1 aromatic carbocycles. The van der Waals surface area contributed by atoms with Crippen LogP contribution in [-0.2, 0) is 20.9 Å². The van der Waals surface area contributed by atoms with Gasteiger partial charge in [-0.2, -0.15) is 0 Å². The summed E-state index contributed by atoms with van der Waals surface area (Å²) in [6.45, 7) is 4.44. The zero-order chi connectivity index (χ0) is 25.7. The first-order valence-electron chi connectivity index (χ1n) is 12.1. The number of benzene rings is 1. The molecule has 1 atom stereocenters. The number of esters is 1. The quantitative estimate of drug-likeness (QED) is 0.495. The van der Waals surface area contributed by atoms with Crippen molar-refractivity contribution >= 4 is 35.4 Å². The number of amides is 2. The van der Waals surface area contributed by atoms with Crippen molar-refractivity contribution in [1.29, 1.82) is 0 Å². The van der Waals surface area contributed by atoms with Crippen molar-refractivity contribution < 1.29 is 23.9 Å². The van der Waals surface area contributed by atoms with Gasteiger partial charge in [-0.05, 0) is 74.9 Å². The Morgan fingerprint density at radius 1 is 1.14 bits per heavy atom. The summed E-state index contributed by atoms with van der Waals surface area (Å²) in [4.78, 5) is 43.5. The van der Waals surface area contributed by atoms with Crippen LogP contribution < -0.4 is 10.1 Å². The van der Waals surface area contributed by atoms with Crippen LogP contribution in [-0.4, -0.2) is 52.0 Å². The first kappa shape index (κ1) is 25.8. The van der Waals surface area contributed by atoms with Crippen molar-refractivity contribution in [2.24, 2.45) is 0 Å². The number of carbonyl (C=O) groups excluding carboxylic acids is 3. The van der Waals surface area contributed by atoms with Crippen molar-refractivity contribution in [3.8, 4) is 5.75 Å². The average Bonchev–Trinajstić information content (AvgIpc) is 3.14. The molecule has 0 saturated heterocycles. The van der Waals surface area contributed by atoms with Gasteiger partial charge in [-0.25, -0.2) is 9.78 Å². The van der Waals surface area contributed by atoms with Gasteiger partial charge in [-0.1, -0.05) is 12.1 Å². The highest BCUT2D eigenvalue weighted by molar-refractivity contribution is 8.00. The third-order valence-corrected chi connectivity index (χ3v) is 7.37. The van der Waals surface area contributed by atoms with E-state index in [2.05, 4.69) is 15.0 Å². The van der Waals surface area contributed by atoms with Crippen molar-refractivity contribution in [2.75, 3.05) is 18.2 Å². The van der Waals surface area contributed by atoms with E-state index in [0.717, 1.165) is 48.1 Å². The van der Waals surface area contributed by atoms with Gasteiger partial charge in [0.05, 0.1) is 24.5 Å². The first-order chi connectivity index (χ1) is 17.4. The second-order valence-electron chi connectivity index (χ2n) is 9.09. The molecule has 0 bridgehead atoms. The molecule has 1 aliphatic heterocycles. The van der Waals surface area contributed by atoms with Crippen molar-refractivity contribution in [1.82, 2.24) is 9.88 Å². The number of nitrogens with one attached hydrogen (secondary N) is 1. The molecule has 9 heteroatoms. The molecule has 0 radical (unpaired) electrons. The topological polar surface area (TPSA) is 97.8 Å². The summed E-state index contributed by atoms with van der Waals surface area (Å²) < 4.78 is 10.4. The van der Waals surface area contributed by atoms with E-state index in [1.165, 1.54) is 25.1 Å². The van der Waals surface area contributed by atoms with E-state index < -0.39 is 5.97 Å². The number of carbonyl (C=O) groups is 3. The molecule has 2 amide bonds. The van der Waals surface area contributed by atoms with Crippen LogP contribution in [0.4, 0.5) is 5.82 Å². The van der Waals surface area contributed by atoms with Crippen LogP contribution in [0.5, 0.6) is 5.75 Å². The molecular formula is C27H31N3O5S. The maximum atomic E-state index is 13.3. The summed E-state index contributed by atoms with van der Waals surface area (Å²) >= 11 is 1.46. The van der Waals surface area contributed by atoms with Crippen LogP contribution in [0.1, 0.15) is 55.5 Å². The molecule has 190 valence electrons. The number of hydrogen-bond acceptors (Lipinski definition) is 7. The zero-order valence-corrected chi connectivity index (χ0v) is 21.6. The van der Waals surface area contributed by atoms with E-state index >= 15 is 0 Å². The molecule has 36 heavy (non-hydrogen) atoms. The first-order valence-corrected chi connectivity index (χ1v) is 13.1. The fourth-order valence-electron chi connectivity index (χ4n) is 4.44. The highest BCUT2D eigenvalue weighted by atomic mass is 32.2. The molecular weight excluding hydrogens is 478 g/mol. The Hall–Kier alpha value is -3.33. The van der Waals surface area contributed by atoms with Gasteiger partial charge in [0, 0.05) is 18.3 Å². The van der Waals surface area contributed by atoms with E-state index in [1.54, 1.807) is 12.1 Å². The van der Waals surface area contributed by atoms with Crippen LogP contribution in [0.3, 0.4) is 0 Å². The van der Waals surface area contributed by atoms with Gasteiger partial charge >= 0.3 is 5.97 Å². The van der Waals surface area contributed by atoms with Crippen molar-refractivity contribution in [3.05, 3.63) is 64.9 Å². The fraction of sp³-hybridized carbons (Fsp3) is 0.407. The Morgan fingerprint density at radius 3 is 2.56 bits per heavy atom. The minimum atomic E-state index is -0.486. The zero-order valence-electron chi connectivity index (χ0n) is 20.8. The number of anilines is 1. The number of aromatic nitrogens is 1. The van der Waals surface area contributed by atoms with Crippen LogP contribution in [0, 0.1) is 0 Å². The number of ether oxygens (including phenoxy) is 2. The number of pyridine rings is 1. The van der Waals surface area contributed by atoms with E-state index in [-0.39, 0.29) is 29.0 Å². The molecule has 1 aliphatic carbocycles. The summed E-state index contributed by atoms with van der Waals surface area (Å²) in [5.74, 6) is 0.701. The van der Waals surface area contributed by atoms with Gasteiger partial charge in [0.1, 0.15) is 16.9 Å². The van der Waals surface area contributed by atoms with Gasteiger partial charge in [-0.3, -0.25) is 9.59 Å². The molecule has 2 heterocycles. The highest BCUT2D eigenvalue weighted by Gasteiger charge is 2.40. The van der Waals surface area contributed by atoms with E-state index in [9.17, 15) is 14.4 Å². The Kier molecular flexibility index (Phi) is 8.30. The highest BCUT2D eigenvalue weighted by Crippen LogP contribution is 2.41. The predicted octanol–water partition coefficient (Wildman–Crippen LogP) is 4.57. The number of hydrogen-bond donors (Lipinski definition) is 1. The molecule has 2 aromatic rings. The lowest BCUT2D eigenvalue weighted by molar-refractivity contribution is -0.126. The smallest absolute Gasteiger partial charge is 0.339 e. The van der Waals surface area contributed by atoms with Crippen LogP contribution in [0.15, 0.2) is 53.7 Å². The maximum absolute atomic E-state index is 13.3. The monoisotopic (exact) mass is 509 g/mol. The SMILES string of the molecule is COC(=O)c1ccc(NC(=O)CSC2C3=C(CCCC3)C(=O)N2Cc2ccc(OC(C)C)cc2)nc1. The molecule has 8 nitrogen and oxygen atoms in total. The summed E-state index contributed by atoms with van der Waals surface area (Å²) in [5, 5.41) is 2.60. The van der Waals surface area contributed by atoms with Crippen LogP contribution in [0.2, 0.25) is 0 Å². The minimum Gasteiger partial charge on any atom is -0.491 e. The van der Waals surface area contributed by atoms with Gasteiger partial charge in [0.15, 0.2) is 0 Å². The molecule has 1 aromatic heterocycles. The standard InChI is InChI=1S/C27H31N3O5S/c1-17(2)35-20-11-8-18(9-12-20)15-30-25(32)21-6-4-5-7-22(21)26(30)36-16-24(31)29-23-13-10-19(14-28-23)27(33)34-3/h8-14,17,26H,4-7,15-16H2,1-3H3,(H,28,29,31). The van der Waals surface area contributed by atoms with E-state index in [1.807, 2.05) is 43.0 Å². The lowest BCUT2D eigenvalue weighted by Gasteiger charge is -2.27. The largest absolute Gasteiger partial charge is 0.491 e. The van der Waals surface area contributed by atoms with E-state index in [0.29, 0.717) is 17.9 Å². The van der Waals surface area contributed by atoms with Crippen molar-refractivity contribution in [3.63, 3.8) is 0 Å². The van der Waals surface area contributed by atoms with E-state index in [4.69, 9.17) is 4.74 Å². The van der Waals surface area contributed by atoms with Gasteiger partial charge < -0.3 is 19.7 Å². The maximum Gasteiger partial charge on any atom is 0.339 e. The number of methoxy groups -OCH3 is 1. The Bertz CT molecular complexity index is 1150. The third kappa shape index (κ3) is 6.07. The van der Waals surface area contributed by atoms with Crippen LogP contribution >= 0.6 is 11.8 Å². The number of rotatable bonds is 9. The van der Waals surface area contributed by atoms with Gasteiger partial charge in [-0.15, -0.1) is 11.8 Å². The van der Waals surface area contributed by atoms with Gasteiger partial charge in [0.25, 0.3) is 5.91 Å². The lowest BCUT2D eigenvalue weighted by atomic mass is 9.94. The summed E-state index contributed by atoms with van der Waals surface area (Å²) in [6.07, 6.45) is 5.22. The molecule has 4 rings (SSSR count). The third-order valence-electron chi connectivity index (χ3n) is 6.08. The summed E-state index contributed by atoms with van der Waals surface area (Å²) in [5.41, 5.74) is 3.40. The number of thioether (sulfide) groups is 1. The van der Waals surface area contributed by atoms with Gasteiger partial charge in [0.2, 0.25) is 5.91 Å². The molecule has 0 fully saturated rings. The normalized spacial score (nSPS) is 17.3. The Labute approximate surface area is 215 Å². The molecule has 1 N–H and O–H groups in total. The fourth-order valence-corrected chi connectivity index (χ4v) is 5.63. The minimum absolute atomic E-state index is 0.0742. The Balaban J connectivity index is 1.42. The second kappa shape index (κ2) is 11.6. The summed E-state index contributed by atoms with van der Waals surface area (Å²) in [6, 6.07) is 10.9. The lowest BCUT2D eigenvalue weighted by Crippen LogP contribution is -2.34. The molecule has 0 saturated carbocycles. The average molecular weight is 510 g/mol. The van der Waals surface area contributed by atoms with Crippen LogP contribution in [0.25, 0.3) is 0 Å². The molecule has 0 spiro atoms.